The summed E-state index contributed by atoms with van der Waals surface area (Å²) >= 11 is 6.08. The van der Waals surface area contributed by atoms with Crippen LogP contribution in [0.1, 0.15) is 31.9 Å². The molecule has 0 bridgehead atoms. The van der Waals surface area contributed by atoms with Crippen molar-refractivity contribution in [2.75, 3.05) is 0 Å². The highest BCUT2D eigenvalue weighted by Crippen LogP contribution is 2.43. The van der Waals surface area contributed by atoms with E-state index in [1.807, 2.05) is 0 Å². The normalized spacial score (nSPS) is 19.5. The second-order valence-corrected chi connectivity index (χ2v) is 6.97. The first kappa shape index (κ1) is 17.0. The zero-order chi connectivity index (χ0) is 17.7. The number of nitrogens with zero attached hydrogens (tertiary/aromatic N) is 1. The van der Waals surface area contributed by atoms with E-state index >= 15 is 0 Å². The molecule has 3 rings (SSSR count). The lowest BCUT2D eigenvalue weighted by Crippen LogP contribution is -2.51. The Labute approximate surface area is 142 Å². The molecule has 0 saturated carbocycles. The number of nitrogens with one attached hydrogen (secondary N) is 1. The maximum Gasteiger partial charge on any atom is 0.409 e. The molecule has 3 nitrogen and oxygen atoms in total. The molecule has 1 atom stereocenters. The molecule has 24 heavy (non-hydrogen) atoms. The predicted molar refractivity (Wildman–Crippen MR) is 86.4 cm³/mol. The second kappa shape index (κ2) is 5.63. The first-order valence-electron chi connectivity index (χ1n) is 7.43. The summed E-state index contributed by atoms with van der Waals surface area (Å²) in [6.45, 7) is 3.23. The Hall–Kier alpha value is -1.79. The standard InChI is InChI=1S/C17H16ClF3N2O/c1-16(2)9-14(24)22-23(16)15(17(19,20)21)11-6-7-12-10(8-11)4-3-5-13(12)18/h3-8,15H,9H2,1-2H3,(H,22,24). The minimum absolute atomic E-state index is 0.0129. The van der Waals surface area contributed by atoms with E-state index in [-0.39, 0.29) is 12.0 Å². The third kappa shape index (κ3) is 2.96. The second-order valence-electron chi connectivity index (χ2n) is 6.56. The van der Waals surface area contributed by atoms with Crippen LogP contribution in [-0.4, -0.2) is 22.6 Å². The number of carbonyl (C=O) groups excluding carboxylic acids is 1. The highest BCUT2D eigenvalue weighted by atomic mass is 35.5. The number of fused-ring (bicyclic) bond motifs is 1. The fourth-order valence-corrected chi connectivity index (χ4v) is 3.38. The van der Waals surface area contributed by atoms with Crippen molar-refractivity contribution in [1.29, 1.82) is 0 Å². The van der Waals surface area contributed by atoms with Crippen molar-refractivity contribution < 1.29 is 18.0 Å². The first-order chi connectivity index (χ1) is 11.1. The zero-order valence-electron chi connectivity index (χ0n) is 13.1. The monoisotopic (exact) mass is 356 g/mol. The number of benzene rings is 2. The van der Waals surface area contributed by atoms with Gasteiger partial charge in [0.05, 0.1) is 0 Å². The maximum atomic E-state index is 13.8. The SMILES string of the molecule is CC1(C)CC(=O)NN1C(c1ccc2c(Cl)cccc2c1)C(F)(F)F. The maximum absolute atomic E-state index is 13.8. The van der Waals surface area contributed by atoms with E-state index in [0.717, 1.165) is 5.01 Å². The summed E-state index contributed by atoms with van der Waals surface area (Å²) in [6, 6.07) is 7.63. The number of hydrazine groups is 1. The Morgan fingerprint density at radius 2 is 1.96 bits per heavy atom. The molecule has 1 heterocycles. The fraction of sp³-hybridized carbons (Fsp3) is 0.353. The molecule has 0 spiro atoms. The van der Waals surface area contributed by atoms with Crippen LogP contribution in [0.4, 0.5) is 13.2 Å². The van der Waals surface area contributed by atoms with Crippen LogP contribution >= 0.6 is 11.6 Å². The van der Waals surface area contributed by atoms with Gasteiger partial charge < -0.3 is 0 Å². The van der Waals surface area contributed by atoms with Crippen molar-refractivity contribution in [3.63, 3.8) is 0 Å². The molecule has 2 aromatic carbocycles. The van der Waals surface area contributed by atoms with Crippen molar-refractivity contribution in [3.8, 4) is 0 Å². The lowest BCUT2D eigenvalue weighted by atomic mass is 9.95. The fourth-order valence-electron chi connectivity index (χ4n) is 3.13. The molecule has 2 aromatic rings. The van der Waals surface area contributed by atoms with E-state index in [1.165, 1.54) is 12.1 Å². The van der Waals surface area contributed by atoms with Gasteiger partial charge in [-0.2, -0.15) is 18.2 Å². The first-order valence-corrected chi connectivity index (χ1v) is 7.81. The predicted octanol–water partition coefficient (Wildman–Crippen LogP) is 4.61. The summed E-state index contributed by atoms with van der Waals surface area (Å²) in [5.74, 6) is -0.418. The molecule has 1 amide bonds. The lowest BCUT2D eigenvalue weighted by molar-refractivity contribution is -0.203. The molecule has 1 aliphatic heterocycles. The van der Waals surface area contributed by atoms with Crippen molar-refractivity contribution in [2.24, 2.45) is 0 Å². The average molecular weight is 357 g/mol. The molecule has 0 aliphatic carbocycles. The molecule has 1 N–H and O–H groups in total. The van der Waals surface area contributed by atoms with Gasteiger partial charge in [0.25, 0.3) is 0 Å². The van der Waals surface area contributed by atoms with Crippen LogP contribution in [0.15, 0.2) is 36.4 Å². The Bertz CT molecular complexity index is 804. The van der Waals surface area contributed by atoms with Crippen LogP contribution in [0.5, 0.6) is 0 Å². The molecule has 0 aromatic heterocycles. The van der Waals surface area contributed by atoms with E-state index in [9.17, 15) is 18.0 Å². The molecular weight excluding hydrogens is 341 g/mol. The summed E-state index contributed by atoms with van der Waals surface area (Å²) in [4.78, 5) is 11.7. The van der Waals surface area contributed by atoms with E-state index in [1.54, 1.807) is 38.1 Å². The van der Waals surface area contributed by atoms with Gasteiger partial charge in [0.1, 0.15) is 0 Å². The summed E-state index contributed by atoms with van der Waals surface area (Å²) < 4.78 is 41.4. The number of hydrogen-bond acceptors (Lipinski definition) is 2. The number of hydrogen-bond donors (Lipinski definition) is 1. The van der Waals surface area contributed by atoms with Gasteiger partial charge in [0, 0.05) is 22.4 Å². The number of amides is 1. The van der Waals surface area contributed by atoms with Crippen LogP contribution in [0.25, 0.3) is 10.8 Å². The Morgan fingerprint density at radius 1 is 1.25 bits per heavy atom. The quantitative estimate of drug-likeness (QED) is 0.852. The van der Waals surface area contributed by atoms with E-state index < -0.39 is 23.7 Å². The van der Waals surface area contributed by atoms with Crippen molar-refractivity contribution in [3.05, 3.63) is 47.0 Å². The van der Waals surface area contributed by atoms with Gasteiger partial charge in [-0.25, -0.2) is 0 Å². The van der Waals surface area contributed by atoms with Crippen LogP contribution < -0.4 is 5.43 Å². The third-order valence-electron chi connectivity index (χ3n) is 4.23. The van der Waals surface area contributed by atoms with E-state index in [4.69, 9.17) is 11.6 Å². The number of alkyl halides is 3. The lowest BCUT2D eigenvalue weighted by Gasteiger charge is -2.38. The van der Waals surface area contributed by atoms with Crippen LogP contribution in [0, 0.1) is 0 Å². The Balaban J connectivity index is 2.12. The molecule has 1 aliphatic rings. The number of halogens is 4. The molecule has 7 heteroatoms. The highest BCUT2D eigenvalue weighted by Gasteiger charge is 2.52. The summed E-state index contributed by atoms with van der Waals surface area (Å²) in [6.07, 6.45) is -4.53. The van der Waals surface area contributed by atoms with E-state index in [2.05, 4.69) is 5.43 Å². The van der Waals surface area contributed by atoms with Crippen molar-refractivity contribution in [2.45, 2.75) is 38.0 Å². The minimum atomic E-state index is -4.54. The van der Waals surface area contributed by atoms with Gasteiger partial charge in [-0.15, -0.1) is 0 Å². The highest BCUT2D eigenvalue weighted by molar-refractivity contribution is 6.35. The van der Waals surface area contributed by atoms with Gasteiger partial charge >= 0.3 is 6.18 Å². The zero-order valence-corrected chi connectivity index (χ0v) is 13.9. The molecule has 128 valence electrons. The summed E-state index contributed by atoms with van der Waals surface area (Å²) in [5, 5.41) is 2.80. The largest absolute Gasteiger partial charge is 0.409 e. The molecular formula is C17H16ClF3N2O. The number of carbonyl (C=O) groups is 1. The molecule has 1 unspecified atom stereocenters. The van der Waals surface area contributed by atoms with Gasteiger partial charge in [0.15, 0.2) is 6.04 Å². The van der Waals surface area contributed by atoms with Gasteiger partial charge in [-0.3, -0.25) is 10.2 Å². The van der Waals surface area contributed by atoms with E-state index in [0.29, 0.717) is 15.8 Å². The van der Waals surface area contributed by atoms with Crippen LogP contribution in [0.3, 0.4) is 0 Å². The summed E-state index contributed by atoms with van der Waals surface area (Å²) in [5.41, 5.74) is 1.48. The molecule has 1 saturated heterocycles. The topological polar surface area (TPSA) is 32.3 Å². The van der Waals surface area contributed by atoms with Crippen molar-refractivity contribution >= 4 is 28.3 Å². The smallest absolute Gasteiger partial charge is 0.287 e. The van der Waals surface area contributed by atoms with Crippen LogP contribution in [-0.2, 0) is 4.79 Å². The van der Waals surface area contributed by atoms with Gasteiger partial charge in [-0.1, -0.05) is 35.9 Å². The summed E-state index contributed by atoms with van der Waals surface area (Å²) in [7, 11) is 0. The van der Waals surface area contributed by atoms with Crippen molar-refractivity contribution in [1.82, 2.24) is 10.4 Å². The minimum Gasteiger partial charge on any atom is -0.287 e. The third-order valence-corrected chi connectivity index (χ3v) is 4.56. The molecule has 0 radical (unpaired) electrons. The Morgan fingerprint density at radius 3 is 2.54 bits per heavy atom. The average Bonchev–Trinajstić information content (AvgIpc) is 2.70. The van der Waals surface area contributed by atoms with Gasteiger partial charge in [-0.05, 0) is 36.9 Å². The van der Waals surface area contributed by atoms with Crippen LogP contribution in [0.2, 0.25) is 5.02 Å². The Kier molecular flexibility index (Phi) is 4.00. The molecule has 1 fully saturated rings. The van der Waals surface area contributed by atoms with Gasteiger partial charge in [0.2, 0.25) is 5.91 Å². The number of rotatable bonds is 2.